The fraction of sp³-hybridized carbons (Fsp3) is 0.857. The number of nitrogens with one attached hydrogen (secondary N) is 3. The van der Waals surface area contributed by atoms with Crippen LogP contribution in [-0.2, 0) is 9.59 Å². The molecule has 1 saturated heterocycles. The highest BCUT2D eigenvalue weighted by atomic mass is 16.2. The predicted molar refractivity (Wildman–Crippen MR) is 75.7 cm³/mol. The fourth-order valence-electron chi connectivity index (χ4n) is 2.27. The molecular formula is C14H27N3O2. The SMILES string of the molecule is CCCCNC(=O)C1CNC[C@H]1C(=O)NCCCC. The molecule has 19 heavy (non-hydrogen) atoms. The molecule has 2 amide bonds. The van der Waals surface area contributed by atoms with Crippen LogP contribution in [0.3, 0.4) is 0 Å². The van der Waals surface area contributed by atoms with Gasteiger partial charge in [-0.1, -0.05) is 26.7 Å². The average molecular weight is 269 g/mol. The van der Waals surface area contributed by atoms with Gasteiger partial charge in [0.1, 0.15) is 0 Å². The van der Waals surface area contributed by atoms with E-state index in [1.165, 1.54) is 0 Å². The zero-order valence-electron chi connectivity index (χ0n) is 12.1. The summed E-state index contributed by atoms with van der Waals surface area (Å²) < 4.78 is 0. The van der Waals surface area contributed by atoms with Crippen molar-refractivity contribution in [3.05, 3.63) is 0 Å². The number of hydrogen-bond donors (Lipinski definition) is 3. The number of hydrogen-bond acceptors (Lipinski definition) is 3. The molecule has 1 fully saturated rings. The van der Waals surface area contributed by atoms with Crippen molar-refractivity contribution >= 4 is 11.8 Å². The van der Waals surface area contributed by atoms with E-state index >= 15 is 0 Å². The first-order chi connectivity index (χ1) is 9.20. The van der Waals surface area contributed by atoms with Crippen LogP contribution in [0.1, 0.15) is 39.5 Å². The Balaban J connectivity index is 2.39. The molecule has 0 spiro atoms. The third-order valence-corrected chi connectivity index (χ3v) is 3.55. The van der Waals surface area contributed by atoms with E-state index in [9.17, 15) is 9.59 Å². The van der Waals surface area contributed by atoms with E-state index in [0.717, 1.165) is 25.7 Å². The summed E-state index contributed by atoms with van der Waals surface area (Å²) in [5, 5.41) is 8.98. The van der Waals surface area contributed by atoms with Gasteiger partial charge in [0.2, 0.25) is 11.8 Å². The fourth-order valence-corrected chi connectivity index (χ4v) is 2.27. The predicted octanol–water partition coefficient (Wildman–Crippen LogP) is 0.655. The highest BCUT2D eigenvalue weighted by Gasteiger charge is 2.37. The maximum atomic E-state index is 12.0. The molecule has 0 bridgehead atoms. The second-order valence-electron chi connectivity index (χ2n) is 5.16. The van der Waals surface area contributed by atoms with Crippen molar-refractivity contribution in [1.29, 1.82) is 0 Å². The summed E-state index contributed by atoms with van der Waals surface area (Å²) >= 11 is 0. The molecule has 0 aliphatic carbocycles. The summed E-state index contributed by atoms with van der Waals surface area (Å²) in [4.78, 5) is 24.1. The standard InChI is InChI=1S/C14H27N3O2/c1-3-5-7-16-13(18)11-9-15-10-12(11)14(19)17-8-6-4-2/h11-12,15H,3-10H2,1-2H3,(H,16,18)(H,17,19)/t11-,12?/m1/s1. The van der Waals surface area contributed by atoms with Crippen LogP contribution in [0.15, 0.2) is 0 Å². The average Bonchev–Trinajstić information content (AvgIpc) is 2.88. The van der Waals surface area contributed by atoms with Gasteiger partial charge in [0.05, 0.1) is 11.8 Å². The third kappa shape index (κ3) is 5.19. The molecule has 1 unspecified atom stereocenters. The van der Waals surface area contributed by atoms with Crippen LogP contribution in [0.4, 0.5) is 0 Å². The number of carbonyl (C=O) groups is 2. The van der Waals surface area contributed by atoms with Crippen LogP contribution < -0.4 is 16.0 Å². The molecule has 0 radical (unpaired) electrons. The van der Waals surface area contributed by atoms with Crippen LogP contribution in [0, 0.1) is 11.8 Å². The van der Waals surface area contributed by atoms with E-state index in [1.807, 2.05) is 0 Å². The molecule has 1 heterocycles. The second kappa shape index (κ2) is 8.91. The molecule has 0 aromatic heterocycles. The van der Waals surface area contributed by atoms with Gasteiger partial charge in [-0.15, -0.1) is 0 Å². The Bertz CT molecular complexity index is 266. The zero-order chi connectivity index (χ0) is 14.1. The van der Waals surface area contributed by atoms with E-state index < -0.39 is 0 Å². The highest BCUT2D eigenvalue weighted by molar-refractivity contribution is 5.88. The number of carbonyl (C=O) groups excluding carboxylic acids is 2. The Morgan fingerprint density at radius 2 is 1.37 bits per heavy atom. The Morgan fingerprint density at radius 3 is 1.74 bits per heavy atom. The quantitative estimate of drug-likeness (QED) is 0.567. The molecule has 0 aromatic rings. The van der Waals surface area contributed by atoms with E-state index in [0.29, 0.717) is 26.2 Å². The first-order valence-corrected chi connectivity index (χ1v) is 7.46. The summed E-state index contributed by atoms with van der Waals surface area (Å²) in [5.41, 5.74) is 0. The van der Waals surface area contributed by atoms with Crippen molar-refractivity contribution in [3.8, 4) is 0 Å². The topological polar surface area (TPSA) is 70.2 Å². The largest absolute Gasteiger partial charge is 0.356 e. The third-order valence-electron chi connectivity index (χ3n) is 3.55. The van der Waals surface area contributed by atoms with Crippen LogP contribution in [0.2, 0.25) is 0 Å². The normalized spacial score (nSPS) is 22.2. The van der Waals surface area contributed by atoms with Gasteiger partial charge in [-0.25, -0.2) is 0 Å². The van der Waals surface area contributed by atoms with E-state index in [1.54, 1.807) is 0 Å². The number of unbranched alkanes of at least 4 members (excludes halogenated alkanes) is 2. The minimum absolute atomic E-state index is 0.00842. The molecule has 1 aliphatic rings. The monoisotopic (exact) mass is 269 g/mol. The zero-order valence-corrected chi connectivity index (χ0v) is 12.1. The lowest BCUT2D eigenvalue weighted by Crippen LogP contribution is -2.42. The lowest BCUT2D eigenvalue weighted by Gasteiger charge is -2.17. The van der Waals surface area contributed by atoms with Gasteiger partial charge in [0.15, 0.2) is 0 Å². The van der Waals surface area contributed by atoms with Crippen LogP contribution in [0.5, 0.6) is 0 Å². The van der Waals surface area contributed by atoms with E-state index in [2.05, 4.69) is 29.8 Å². The first kappa shape index (κ1) is 16.0. The van der Waals surface area contributed by atoms with Crippen LogP contribution in [0.25, 0.3) is 0 Å². The molecule has 110 valence electrons. The molecule has 5 heteroatoms. The second-order valence-corrected chi connectivity index (χ2v) is 5.16. The molecule has 0 saturated carbocycles. The van der Waals surface area contributed by atoms with E-state index in [-0.39, 0.29) is 23.7 Å². The van der Waals surface area contributed by atoms with Crippen LogP contribution >= 0.6 is 0 Å². The summed E-state index contributed by atoms with van der Waals surface area (Å²) in [6.45, 7) is 6.79. The molecule has 3 N–H and O–H groups in total. The first-order valence-electron chi connectivity index (χ1n) is 7.46. The van der Waals surface area contributed by atoms with Crippen molar-refractivity contribution in [1.82, 2.24) is 16.0 Å². The maximum absolute atomic E-state index is 12.0. The minimum Gasteiger partial charge on any atom is -0.356 e. The summed E-state index contributed by atoms with van der Waals surface area (Å²) in [6.07, 6.45) is 4.09. The Hall–Kier alpha value is -1.10. The number of amides is 2. The molecule has 1 aliphatic heterocycles. The number of rotatable bonds is 8. The highest BCUT2D eigenvalue weighted by Crippen LogP contribution is 2.17. The van der Waals surface area contributed by atoms with Gasteiger partial charge < -0.3 is 16.0 Å². The molecular weight excluding hydrogens is 242 g/mol. The van der Waals surface area contributed by atoms with Crippen molar-refractivity contribution in [3.63, 3.8) is 0 Å². The Labute approximate surface area is 115 Å². The van der Waals surface area contributed by atoms with Crippen molar-refractivity contribution in [2.45, 2.75) is 39.5 Å². The lowest BCUT2D eigenvalue weighted by molar-refractivity contribution is -0.132. The Kier molecular flexibility index (Phi) is 7.48. The summed E-state index contributed by atoms with van der Waals surface area (Å²) in [7, 11) is 0. The van der Waals surface area contributed by atoms with Crippen molar-refractivity contribution < 1.29 is 9.59 Å². The van der Waals surface area contributed by atoms with Gasteiger partial charge in [-0.2, -0.15) is 0 Å². The molecule has 1 rings (SSSR count). The van der Waals surface area contributed by atoms with Gasteiger partial charge in [0.25, 0.3) is 0 Å². The van der Waals surface area contributed by atoms with Crippen molar-refractivity contribution in [2.75, 3.05) is 26.2 Å². The lowest BCUT2D eigenvalue weighted by atomic mass is 9.94. The van der Waals surface area contributed by atoms with Gasteiger partial charge >= 0.3 is 0 Å². The molecule has 2 atom stereocenters. The van der Waals surface area contributed by atoms with Gasteiger partial charge in [-0.05, 0) is 12.8 Å². The van der Waals surface area contributed by atoms with Crippen molar-refractivity contribution in [2.24, 2.45) is 11.8 Å². The van der Waals surface area contributed by atoms with E-state index in [4.69, 9.17) is 0 Å². The molecule has 5 nitrogen and oxygen atoms in total. The smallest absolute Gasteiger partial charge is 0.225 e. The summed E-state index contributed by atoms with van der Waals surface area (Å²) in [6, 6.07) is 0. The van der Waals surface area contributed by atoms with Gasteiger partial charge in [0, 0.05) is 26.2 Å². The Morgan fingerprint density at radius 1 is 0.947 bits per heavy atom. The molecule has 0 aromatic carbocycles. The maximum Gasteiger partial charge on any atom is 0.225 e. The van der Waals surface area contributed by atoms with Gasteiger partial charge in [-0.3, -0.25) is 9.59 Å². The van der Waals surface area contributed by atoms with Crippen LogP contribution in [-0.4, -0.2) is 38.0 Å². The minimum atomic E-state index is -0.224. The summed E-state index contributed by atoms with van der Waals surface area (Å²) in [5.74, 6) is -0.430.